The molecule has 3 rings (SSSR count). The van der Waals surface area contributed by atoms with Crippen molar-refractivity contribution < 1.29 is 0 Å². The van der Waals surface area contributed by atoms with Crippen LogP contribution in [0.3, 0.4) is 0 Å². The molecule has 1 aliphatic carbocycles. The molecule has 0 radical (unpaired) electrons. The van der Waals surface area contributed by atoms with Gasteiger partial charge < -0.3 is 5.73 Å². The Kier molecular flexibility index (Phi) is 2.86. The third kappa shape index (κ3) is 2.20. The maximum Gasteiger partial charge on any atom is 0.0297 e. The van der Waals surface area contributed by atoms with E-state index in [0.29, 0.717) is 0 Å². The quantitative estimate of drug-likeness (QED) is 0.838. The van der Waals surface area contributed by atoms with Crippen LogP contribution in [-0.4, -0.2) is 0 Å². The van der Waals surface area contributed by atoms with Crippen molar-refractivity contribution in [3.8, 4) is 0 Å². The number of benzene rings is 2. The molecule has 88 valence electrons. The number of hydrogen-bond acceptors (Lipinski definition) is 1. The molecular weight excluding hydrogens is 206 g/mol. The standard InChI is InChI=1S/C16H19N/c17-16(10-12-4-3-5-12)15-9-8-13-6-1-2-7-14(13)11-15/h1-2,6-9,11-12,16H,3-5,10,17H2. The van der Waals surface area contributed by atoms with Gasteiger partial charge in [0.1, 0.15) is 0 Å². The van der Waals surface area contributed by atoms with Crippen molar-refractivity contribution in [3.05, 3.63) is 48.0 Å². The van der Waals surface area contributed by atoms with Gasteiger partial charge in [0.15, 0.2) is 0 Å². The van der Waals surface area contributed by atoms with Crippen LogP contribution in [0, 0.1) is 5.92 Å². The summed E-state index contributed by atoms with van der Waals surface area (Å²) in [7, 11) is 0. The van der Waals surface area contributed by atoms with Gasteiger partial charge in [0, 0.05) is 6.04 Å². The highest BCUT2D eigenvalue weighted by molar-refractivity contribution is 5.83. The maximum atomic E-state index is 6.30. The van der Waals surface area contributed by atoms with Crippen molar-refractivity contribution in [1.29, 1.82) is 0 Å². The first-order chi connectivity index (χ1) is 8.33. The molecule has 0 aliphatic heterocycles. The molecule has 1 fully saturated rings. The molecule has 2 aromatic rings. The first kappa shape index (κ1) is 10.8. The van der Waals surface area contributed by atoms with Crippen molar-refractivity contribution in [3.63, 3.8) is 0 Å². The van der Waals surface area contributed by atoms with Crippen LogP contribution in [0.4, 0.5) is 0 Å². The van der Waals surface area contributed by atoms with E-state index in [0.717, 1.165) is 12.3 Å². The highest BCUT2D eigenvalue weighted by atomic mass is 14.6. The second-order valence-electron chi connectivity index (χ2n) is 5.25. The highest BCUT2D eigenvalue weighted by Gasteiger charge is 2.20. The Bertz CT molecular complexity index is 514. The average Bonchev–Trinajstić information content (AvgIpc) is 2.33. The van der Waals surface area contributed by atoms with E-state index in [9.17, 15) is 0 Å². The van der Waals surface area contributed by atoms with Crippen LogP contribution in [0.5, 0.6) is 0 Å². The Morgan fingerprint density at radius 1 is 1.06 bits per heavy atom. The molecule has 0 amide bonds. The minimum Gasteiger partial charge on any atom is -0.324 e. The minimum absolute atomic E-state index is 0.213. The molecule has 1 atom stereocenters. The zero-order chi connectivity index (χ0) is 11.7. The van der Waals surface area contributed by atoms with Gasteiger partial charge in [-0.1, -0.05) is 55.7 Å². The van der Waals surface area contributed by atoms with Crippen molar-refractivity contribution in [2.24, 2.45) is 11.7 Å². The lowest BCUT2D eigenvalue weighted by Crippen LogP contribution is -2.20. The molecule has 0 aromatic heterocycles. The molecule has 1 unspecified atom stereocenters. The Hall–Kier alpha value is -1.34. The fraction of sp³-hybridized carbons (Fsp3) is 0.375. The lowest BCUT2D eigenvalue weighted by atomic mass is 9.80. The first-order valence-corrected chi connectivity index (χ1v) is 6.57. The fourth-order valence-corrected chi connectivity index (χ4v) is 2.66. The molecule has 1 aliphatic rings. The van der Waals surface area contributed by atoms with Crippen LogP contribution in [0.15, 0.2) is 42.5 Å². The Morgan fingerprint density at radius 2 is 1.82 bits per heavy atom. The summed E-state index contributed by atoms with van der Waals surface area (Å²) in [6.45, 7) is 0. The van der Waals surface area contributed by atoms with Crippen molar-refractivity contribution in [2.45, 2.75) is 31.7 Å². The van der Waals surface area contributed by atoms with Gasteiger partial charge in [-0.05, 0) is 34.7 Å². The summed E-state index contributed by atoms with van der Waals surface area (Å²) in [6.07, 6.45) is 5.30. The third-order valence-electron chi connectivity index (χ3n) is 4.01. The molecule has 1 nitrogen and oxygen atoms in total. The van der Waals surface area contributed by atoms with Crippen LogP contribution in [0.2, 0.25) is 0 Å². The van der Waals surface area contributed by atoms with Crippen molar-refractivity contribution >= 4 is 10.8 Å². The summed E-state index contributed by atoms with van der Waals surface area (Å²) >= 11 is 0. The number of fused-ring (bicyclic) bond motifs is 1. The monoisotopic (exact) mass is 225 g/mol. The molecule has 0 bridgehead atoms. The highest BCUT2D eigenvalue weighted by Crippen LogP contribution is 2.34. The van der Waals surface area contributed by atoms with Crippen LogP contribution >= 0.6 is 0 Å². The molecule has 0 saturated heterocycles. The van der Waals surface area contributed by atoms with Crippen LogP contribution < -0.4 is 5.73 Å². The predicted octanol–water partition coefficient (Wildman–Crippen LogP) is 4.03. The molecular formula is C16H19N. The lowest BCUT2D eigenvalue weighted by Gasteiger charge is -2.28. The molecule has 0 heterocycles. The largest absolute Gasteiger partial charge is 0.324 e. The number of hydrogen-bond donors (Lipinski definition) is 1. The molecule has 17 heavy (non-hydrogen) atoms. The van der Waals surface area contributed by atoms with E-state index in [2.05, 4.69) is 42.5 Å². The minimum atomic E-state index is 0.213. The summed E-state index contributed by atoms with van der Waals surface area (Å²) in [6, 6.07) is 15.3. The van der Waals surface area contributed by atoms with Crippen LogP contribution in [-0.2, 0) is 0 Å². The summed E-state index contributed by atoms with van der Waals surface area (Å²) in [5.74, 6) is 0.872. The first-order valence-electron chi connectivity index (χ1n) is 6.57. The Balaban J connectivity index is 1.83. The normalized spacial score (nSPS) is 17.9. The SMILES string of the molecule is NC(CC1CCC1)c1ccc2ccccc2c1. The molecule has 2 N–H and O–H groups in total. The number of rotatable bonds is 3. The molecule has 1 heteroatoms. The van der Waals surface area contributed by atoms with Gasteiger partial charge >= 0.3 is 0 Å². The summed E-state index contributed by atoms with van der Waals surface area (Å²) < 4.78 is 0. The topological polar surface area (TPSA) is 26.0 Å². The fourth-order valence-electron chi connectivity index (χ4n) is 2.66. The van der Waals surface area contributed by atoms with E-state index in [1.165, 1.54) is 35.6 Å². The van der Waals surface area contributed by atoms with Gasteiger partial charge in [-0.25, -0.2) is 0 Å². The van der Waals surface area contributed by atoms with E-state index < -0.39 is 0 Å². The zero-order valence-electron chi connectivity index (χ0n) is 10.1. The molecule has 0 spiro atoms. The Morgan fingerprint density at radius 3 is 2.53 bits per heavy atom. The Labute approximate surface area is 103 Å². The smallest absolute Gasteiger partial charge is 0.0297 e. The average molecular weight is 225 g/mol. The predicted molar refractivity (Wildman–Crippen MR) is 72.8 cm³/mol. The molecule has 1 saturated carbocycles. The molecule has 2 aromatic carbocycles. The van der Waals surface area contributed by atoms with Gasteiger partial charge in [-0.2, -0.15) is 0 Å². The van der Waals surface area contributed by atoms with Crippen molar-refractivity contribution in [1.82, 2.24) is 0 Å². The summed E-state index contributed by atoms with van der Waals surface area (Å²) in [5.41, 5.74) is 7.58. The maximum absolute atomic E-state index is 6.30. The van der Waals surface area contributed by atoms with Gasteiger partial charge in [-0.3, -0.25) is 0 Å². The van der Waals surface area contributed by atoms with Gasteiger partial charge in [0.2, 0.25) is 0 Å². The zero-order valence-corrected chi connectivity index (χ0v) is 10.1. The summed E-state index contributed by atoms with van der Waals surface area (Å²) in [5, 5.41) is 2.60. The summed E-state index contributed by atoms with van der Waals surface area (Å²) in [4.78, 5) is 0. The van der Waals surface area contributed by atoms with Gasteiger partial charge in [0.05, 0.1) is 0 Å². The van der Waals surface area contributed by atoms with Crippen LogP contribution in [0.25, 0.3) is 10.8 Å². The van der Waals surface area contributed by atoms with E-state index in [1.54, 1.807) is 0 Å². The van der Waals surface area contributed by atoms with Crippen molar-refractivity contribution in [2.75, 3.05) is 0 Å². The van der Waals surface area contributed by atoms with Gasteiger partial charge in [0.25, 0.3) is 0 Å². The lowest BCUT2D eigenvalue weighted by molar-refractivity contribution is 0.277. The second kappa shape index (κ2) is 4.50. The van der Waals surface area contributed by atoms with E-state index in [4.69, 9.17) is 5.73 Å². The third-order valence-corrected chi connectivity index (χ3v) is 4.01. The van der Waals surface area contributed by atoms with Gasteiger partial charge in [-0.15, -0.1) is 0 Å². The van der Waals surface area contributed by atoms with Crippen LogP contribution in [0.1, 0.15) is 37.3 Å². The van der Waals surface area contributed by atoms with E-state index in [1.807, 2.05) is 0 Å². The van der Waals surface area contributed by atoms with E-state index in [-0.39, 0.29) is 6.04 Å². The van der Waals surface area contributed by atoms with E-state index >= 15 is 0 Å². The second-order valence-corrected chi connectivity index (χ2v) is 5.25. The number of nitrogens with two attached hydrogens (primary N) is 1.